The van der Waals surface area contributed by atoms with Crippen molar-refractivity contribution in [2.45, 2.75) is 6.92 Å². The van der Waals surface area contributed by atoms with Crippen LogP contribution in [-0.4, -0.2) is 18.7 Å². The van der Waals surface area contributed by atoms with Gasteiger partial charge in [-0.3, -0.25) is 0 Å². The topological polar surface area (TPSA) is 57.4 Å². The van der Waals surface area contributed by atoms with E-state index in [0.717, 1.165) is 22.8 Å². The monoisotopic (exact) mass is 250 g/mol. The highest BCUT2D eigenvalue weighted by molar-refractivity contribution is 7.13. The van der Waals surface area contributed by atoms with Gasteiger partial charge in [0.1, 0.15) is 11.5 Å². The van der Waals surface area contributed by atoms with Gasteiger partial charge < -0.3 is 15.2 Å². The van der Waals surface area contributed by atoms with Gasteiger partial charge in [0.2, 0.25) is 0 Å². The smallest absolute Gasteiger partial charge is 0.180 e. The molecule has 2 aromatic rings. The van der Waals surface area contributed by atoms with Crippen LogP contribution in [0.3, 0.4) is 0 Å². The summed E-state index contributed by atoms with van der Waals surface area (Å²) in [6.45, 7) is 2.54. The van der Waals surface area contributed by atoms with Crippen molar-refractivity contribution in [1.82, 2.24) is 4.98 Å². The zero-order valence-corrected chi connectivity index (χ0v) is 10.6. The molecule has 0 spiro atoms. The summed E-state index contributed by atoms with van der Waals surface area (Å²) in [5.41, 5.74) is 7.40. The van der Waals surface area contributed by atoms with E-state index in [-0.39, 0.29) is 0 Å². The van der Waals surface area contributed by atoms with Crippen LogP contribution in [-0.2, 0) is 0 Å². The first-order valence-electron chi connectivity index (χ1n) is 5.26. The highest BCUT2D eigenvalue weighted by Crippen LogP contribution is 2.34. The summed E-state index contributed by atoms with van der Waals surface area (Å²) >= 11 is 1.42. The van der Waals surface area contributed by atoms with E-state index >= 15 is 0 Å². The molecule has 0 saturated heterocycles. The lowest BCUT2D eigenvalue weighted by molar-refractivity contribution is 0.337. The molecule has 17 heavy (non-hydrogen) atoms. The maximum Gasteiger partial charge on any atom is 0.180 e. The summed E-state index contributed by atoms with van der Waals surface area (Å²) in [6.07, 6.45) is 0. The number of nitrogen functional groups attached to an aromatic ring is 1. The van der Waals surface area contributed by atoms with Gasteiger partial charge in [0, 0.05) is 17.0 Å². The molecule has 0 bridgehead atoms. The summed E-state index contributed by atoms with van der Waals surface area (Å²) in [5, 5.41) is 2.47. The van der Waals surface area contributed by atoms with Crippen LogP contribution < -0.4 is 15.2 Å². The summed E-state index contributed by atoms with van der Waals surface area (Å²) in [5.74, 6) is 1.53. The fourth-order valence-corrected chi connectivity index (χ4v) is 2.09. The van der Waals surface area contributed by atoms with Crippen molar-refractivity contribution in [3.8, 4) is 22.8 Å². The lowest BCUT2D eigenvalue weighted by Crippen LogP contribution is -1.95. The molecule has 1 aromatic carbocycles. The Morgan fingerprint density at radius 1 is 1.41 bits per heavy atom. The third-order valence-electron chi connectivity index (χ3n) is 2.29. The fourth-order valence-electron chi connectivity index (χ4n) is 1.53. The number of benzene rings is 1. The van der Waals surface area contributed by atoms with Gasteiger partial charge >= 0.3 is 0 Å². The standard InChI is InChI=1S/C12H14N2O2S/c1-3-16-11-6-8(15-2)4-5-9(11)10-7-17-12(13)14-10/h4-7H,3H2,1-2H3,(H2,13,14). The minimum absolute atomic E-state index is 0.554. The molecular formula is C12H14N2O2S. The van der Waals surface area contributed by atoms with E-state index in [9.17, 15) is 0 Å². The summed E-state index contributed by atoms with van der Waals surface area (Å²) < 4.78 is 10.8. The Kier molecular flexibility index (Phi) is 3.49. The molecule has 0 radical (unpaired) electrons. The summed E-state index contributed by atoms with van der Waals surface area (Å²) in [6, 6.07) is 5.67. The molecule has 0 aliphatic rings. The third-order valence-corrected chi connectivity index (χ3v) is 2.96. The molecule has 90 valence electrons. The van der Waals surface area contributed by atoms with Gasteiger partial charge in [0.05, 0.1) is 19.4 Å². The normalized spacial score (nSPS) is 10.2. The van der Waals surface area contributed by atoms with E-state index < -0.39 is 0 Å². The van der Waals surface area contributed by atoms with Crippen molar-refractivity contribution in [2.75, 3.05) is 19.5 Å². The van der Waals surface area contributed by atoms with E-state index in [2.05, 4.69) is 4.98 Å². The third kappa shape index (κ3) is 2.50. The molecular weight excluding hydrogens is 236 g/mol. The van der Waals surface area contributed by atoms with Crippen molar-refractivity contribution in [1.29, 1.82) is 0 Å². The zero-order chi connectivity index (χ0) is 12.3. The van der Waals surface area contributed by atoms with Crippen LogP contribution in [0.25, 0.3) is 11.3 Å². The first kappa shape index (κ1) is 11.7. The molecule has 0 unspecified atom stereocenters. The summed E-state index contributed by atoms with van der Waals surface area (Å²) in [7, 11) is 1.63. The molecule has 5 heteroatoms. The molecule has 1 heterocycles. The molecule has 0 fully saturated rings. The Morgan fingerprint density at radius 2 is 2.24 bits per heavy atom. The lowest BCUT2D eigenvalue weighted by atomic mass is 10.1. The predicted octanol–water partition coefficient (Wildman–Crippen LogP) is 2.80. The van der Waals surface area contributed by atoms with Crippen LogP contribution in [0.5, 0.6) is 11.5 Å². The second-order valence-electron chi connectivity index (χ2n) is 3.37. The Morgan fingerprint density at radius 3 is 2.82 bits per heavy atom. The molecule has 2 rings (SSSR count). The number of thiazole rings is 1. The number of nitrogens with two attached hydrogens (primary N) is 1. The van der Waals surface area contributed by atoms with Crippen molar-refractivity contribution in [2.24, 2.45) is 0 Å². The summed E-state index contributed by atoms with van der Waals surface area (Å²) in [4.78, 5) is 4.25. The van der Waals surface area contributed by atoms with Crippen LogP contribution >= 0.6 is 11.3 Å². The number of hydrogen-bond acceptors (Lipinski definition) is 5. The van der Waals surface area contributed by atoms with E-state index in [1.807, 2.05) is 30.5 Å². The Hall–Kier alpha value is -1.75. The SMILES string of the molecule is CCOc1cc(OC)ccc1-c1csc(N)n1. The maximum absolute atomic E-state index is 5.64. The zero-order valence-electron chi connectivity index (χ0n) is 9.77. The van der Waals surface area contributed by atoms with Crippen molar-refractivity contribution >= 4 is 16.5 Å². The van der Waals surface area contributed by atoms with Crippen LogP contribution in [0.15, 0.2) is 23.6 Å². The second kappa shape index (κ2) is 5.05. The molecule has 0 aliphatic heterocycles. The van der Waals surface area contributed by atoms with E-state index in [0.29, 0.717) is 11.7 Å². The Labute approximate surface area is 104 Å². The van der Waals surface area contributed by atoms with Crippen molar-refractivity contribution in [3.63, 3.8) is 0 Å². The highest BCUT2D eigenvalue weighted by atomic mass is 32.1. The van der Waals surface area contributed by atoms with Crippen LogP contribution in [0.1, 0.15) is 6.92 Å². The fraction of sp³-hybridized carbons (Fsp3) is 0.250. The minimum Gasteiger partial charge on any atom is -0.497 e. The maximum atomic E-state index is 5.64. The number of anilines is 1. The second-order valence-corrected chi connectivity index (χ2v) is 4.26. The number of ether oxygens (including phenoxy) is 2. The van der Waals surface area contributed by atoms with Gasteiger partial charge in [-0.15, -0.1) is 11.3 Å². The predicted molar refractivity (Wildman–Crippen MR) is 69.7 cm³/mol. The van der Waals surface area contributed by atoms with Gasteiger partial charge in [-0.25, -0.2) is 4.98 Å². The van der Waals surface area contributed by atoms with Gasteiger partial charge in [-0.1, -0.05) is 0 Å². The largest absolute Gasteiger partial charge is 0.497 e. The van der Waals surface area contributed by atoms with Gasteiger partial charge in [-0.05, 0) is 19.1 Å². The lowest BCUT2D eigenvalue weighted by Gasteiger charge is -2.10. The quantitative estimate of drug-likeness (QED) is 0.906. The molecule has 4 nitrogen and oxygen atoms in total. The molecule has 0 amide bonds. The highest BCUT2D eigenvalue weighted by Gasteiger charge is 2.10. The number of aromatic nitrogens is 1. The molecule has 0 atom stereocenters. The van der Waals surface area contributed by atoms with Gasteiger partial charge in [0.15, 0.2) is 5.13 Å². The van der Waals surface area contributed by atoms with E-state index in [1.54, 1.807) is 7.11 Å². The first-order chi connectivity index (χ1) is 8.24. The van der Waals surface area contributed by atoms with Crippen molar-refractivity contribution < 1.29 is 9.47 Å². The molecule has 1 aromatic heterocycles. The average Bonchev–Trinajstić information content (AvgIpc) is 2.76. The van der Waals surface area contributed by atoms with Crippen LogP contribution in [0, 0.1) is 0 Å². The van der Waals surface area contributed by atoms with Gasteiger partial charge in [0.25, 0.3) is 0 Å². The first-order valence-corrected chi connectivity index (χ1v) is 6.14. The Bertz CT molecular complexity index is 511. The van der Waals surface area contributed by atoms with E-state index in [1.165, 1.54) is 11.3 Å². The molecule has 2 N–H and O–H groups in total. The average molecular weight is 250 g/mol. The molecule has 0 aliphatic carbocycles. The Balaban J connectivity index is 2.45. The number of nitrogens with zero attached hydrogens (tertiary/aromatic N) is 1. The number of hydrogen-bond donors (Lipinski definition) is 1. The van der Waals surface area contributed by atoms with Gasteiger partial charge in [-0.2, -0.15) is 0 Å². The number of methoxy groups -OCH3 is 1. The van der Waals surface area contributed by atoms with E-state index in [4.69, 9.17) is 15.2 Å². The number of rotatable bonds is 4. The minimum atomic E-state index is 0.554. The van der Waals surface area contributed by atoms with Crippen LogP contribution in [0.4, 0.5) is 5.13 Å². The molecule has 0 saturated carbocycles. The van der Waals surface area contributed by atoms with Crippen molar-refractivity contribution in [3.05, 3.63) is 23.6 Å². The van der Waals surface area contributed by atoms with Crippen LogP contribution in [0.2, 0.25) is 0 Å².